The van der Waals surface area contributed by atoms with E-state index in [-0.39, 0.29) is 35.7 Å². The molecule has 3 aromatic rings. The van der Waals surface area contributed by atoms with Crippen LogP contribution < -0.4 is 15.0 Å². The molecule has 3 fully saturated rings. The summed E-state index contributed by atoms with van der Waals surface area (Å²) in [6, 6.07) is 8.48. The molecule has 0 radical (unpaired) electrons. The fourth-order valence-electron chi connectivity index (χ4n) is 6.18. The van der Waals surface area contributed by atoms with Crippen molar-refractivity contribution < 1.29 is 28.2 Å². The monoisotopic (exact) mass is 599 g/mol. The maximum atomic E-state index is 14.2. The molecule has 232 valence electrons. The lowest BCUT2D eigenvalue weighted by molar-refractivity contribution is -0.132. The van der Waals surface area contributed by atoms with E-state index in [4.69, 9.17) is 19.4 Å². The Bertz CT molecular complexity index is 1430. The number of alkyl halides is 2. The topological polar surface area (TPSA) is 118 Å². The van der Waals surface area contributed by atoms with E-state index in [1.54, 1.807) is 44.2 Å². The highest BCUT2D eigenvalue weighted by Crippen LogP contribution is 2.32. The summed E-state index contributed by atoms with van der Waals surface area (Å²) in [6.45, 7) is 6.70. The Morgan fingerprint density at radius 1 is 1.07 bits per heavy atom. The zero-order valence-electron chi connectivity index (χ0n) is 24.6. The van der Waals surface area contributed by atoms with Gasteiger partial charge >= 0.3 is 0 Å². The fraction of sp³-hybridized carbons (Fsp3) is 0.600. The van der Waals surface area contributed by atoms with E-state index in [0.29, 0.717) is 62.3 Å². The maximum Gasteiger partial charge on any atom is 0.296 e. The second-order valence-corrected chi connectivity index (χ2v) is 12.2. The van der Waals surface area contributed by atoms with Crippen LogP contribution in [0.2, 0.25) is 0 Å². The zero-order chi connectivity index (χ0) is 30.1. The van der Waals surface area contributed by atoms with Crippen molar-refractivity contribution in [3.05, 3.63) is 36.2 Å². The minimum absolute atomic E-state index is 0.0895. The number of para-hydroxylation sites is 2. The van der Waals surface area contributed by atoms with Crippen LogP contribution in [-0.2, 0) is 9.53 Å². The molecule has 43 heavy (non-hydrogen) atoms. The molecule has 2 N–H and O–H groups in total. The van der Waals surface area contributed by atoms with Gasteiger partial charge in [-0.3, -0.25) is 9.36 Å². The second kappa shape index (κ2) is 12.3. The van der Waals surface area contributed by atoms with E-state index in [9.17, 15) is 18.7 Å². The molecule has 0 unspecified atom stereocenters. The van der Waals surface area contributed by atoms with Crippen LogP contribution in [0.25, 0.3) is 16.9 Å². The Labute approximate surface area is 249 Å². The molecule has 1 amide bonds. The van der Waals surface area contributed by atoms with E-state index in [1.165, 1.54) is 4.57 Å². The van der Waals surface area contributed by atoms with Crippen LogP contribution in [0.5, 0.6) is 5.88 Å². The lowest BCUT2D eigenvalue weighted by Gasteiger charge is -2.35. The van der Waals surface area contributed by atoms with Gasteiger partial charge in [0.2, 0.25) is 17.7 Å². The number of aromatic nitrogens is 4. The fourth-order valence-corrected chi connectivity index (χ4v) is 6.18. The van der Waals surface area contributed by atoms with Gasteiger partial charge in [-0.25, -0.2) is 13.8 Å². The number of carbonyl (C=O) groups excluding carboxylic acids is 1. The number of nitrogens with one attached hydrogen (secondary N) is 1. The number of morpholine rings is 1. The smallest absolute Gasteiger partial charge is 0.296 e. The Balaban J connectivity index is 1.19. The summed E-state index contributed by atoms with van der Waals surface area (Å²) < 4.78 is 41.6. The van der Waals surface area contributed by atoms with Crippen molar-refractivity contribution in [1.29, 1.82) is 0 Å². The normalized spacial score (nSPS) is 23.5. The van der Waals surface area contributed by atoms with Crippen LogP contribution >= 0.6 is 0 Å². The molecule has 2 aliphatic heterocycles. The van der Waals surface area contributed by atoms with Crippen molar-refractivity contribution in [2.45, 2.75) is 76.2 Å². The molecule has 3 aliphatic rings. The number of imidazole rings is 1. The summed E-state index contributed by atoms with van der Waals surface area (Å²) in [7, 11) is 0. The van der Waals surface area contributed by atoms with Crippen LogP contribution in [0.1, 0.15) is 58.2 Å². The van der Waals surface area contributed by atoms with Gasteiger partial charge in [-0.2, -0.15) is 9.97 Å². The van der Waals surface area contributed by atoms with Gasteiger partial charge < -0.3 is 29.7 Å². The Morgan fingerprint density at radius 2 is 1.81 bits per heavy atom. The summed E-state index contributed by atoms with van der Waals surface area (Å²) in [5, 5.41) is 13.2. The van der Waals surface area contributed by atoms with Crippen LogP contribution in [-0.4, -0.2) is 98.6 Å². The first-order valence-corrected chi connectivity index (χ1v) is 15.1. The third-order valence-electron chi connectivity index (χ3n) is 8.38. The van der Waals surface area contributed by atoms with E-state index >= 15 is 0 Å². The van der Waals surface area contributed by atoms with E-state index in [2.05, 4.69) is 10.3 Å². The van der Waals surface area contributed by atoms with Crippen LogP contribution in [0.3, 0.4) is 0 Å². The summed E-state index contributed by atoms with van der Waals surface area (Å²) in [4.78, 5) is 30.6. The molecule has 0 spiro atoms. The summed E-state index contributed by atoms with van der Waals surface area (Å²) in [5.41, 5.74) is 0.109. The highest BCUT2D eigenvalue weighted by molar-refractivity contribution is 5.84. The van der Waals surface area contributed by atoms with Crippen molar-refractivity contribution in [1.82, 2.24) is 29.7 Å². The number of hydrogen-bond acceptors (Lipinski definition) is 9. The molecule has 1 atom stereocenters. The minimum atomic E-state index is -2.80. The van der Waals surface area contributed by atoms with Crippen LogP contribution in [0.15, 0.2) is 30.3 Å². The summed E-state index contributed by atoms with van der Waals surface area (Å²) in [5.74, 6) is 0.698. The van der Waals surface area contributed by atoms with Gasteiger partial charge in [0.15, 0.2) is 5.82 Å². The Morgan fingerprint density at radius 3 is 2.53 bits per heavy atom. The molecule has 2 aromatic heterocycles. The Hall–Kier alpha value is -3.42. The molecule has 1 aliphatic carbocycles. The average Bonchev–Trinajstić information content (AvgIpc) is 3.57. The maximum absolute atomic E-state index is 14.2. The van der Waals surface area contributed by atoms with E-state index < -0.39 is 12.0 Å². The highest BCUT2D eigenvalue weighted by atomic mass is 19.3. The number of ether oxygens (including phenoxy) is 2. The van der Waals surface area contributed by atoms with Gasteiger partial charge in [0, 0.05) is 38.3 Å². The van der Waals surface area contributed by atoms with Crippen molar-refractivity contribution in [3.8, 4) is 11.7 Å². The first-order chi connectivity index (χ1) is 20.7. The number of benzene rings is 1. The van der Waals surface area contributed by atoms with E-state index in [1.807, 2.05) is 9.80 Å². The standard InChI is InChI=1S/C30H39F2N7O4/c1-30(2,41)18-33-22-11-12-38(28(22)40)19-7-9-20(10-8-19)43-25-17-24(35-29(36-25)37-13-15-42-16-14-37)39-23-6-4-3-5-21(23)34-27(39)26(31)32/h3-6,17,19-20,22,26,33,41H,7-16,18H2,1-2H3/t19-,20-,22-/m0/s1. The molecule has 2 saturated heterocycles. The number of rotatable bonds is 9. The van der Waals surface area contributed by atoms with E-state index in [0.717, 1.165) is 32.1 Å². The third kappa shape index (κ3) is 6.58. The largest absolute Gasteiger partial charge is 0.474 e. The molecule has 13 heteroatoms. The minimum Gasteiger partial charge on any atom is -0.474 e. The Kier molecular flexibility index (Phi) is 8.47. The van der Waals surface area contributed by atoms with Crippen molar-refractivity contribution in [2.75, 3.05) is 44.3 Å². The first-order valence-electron chi connectivity index (χ1n) is 15.1. The van der Waals surface area contributed by atoms with Gasteiger partial charge in [0.25, 0.3) is 6.43 Å². The molecular formula is C30H39F2N7O4. The average molecular weight is 600 g/mol. The third-order valence-corrected chi connectivity index (χ3v) is 8.38. The van der Waals surface area contributed by atoms with Crippen molar-refractivity contribution >= 4 is 22.9 Å². The molecule has 0 bridgehead atoms. The van der Waals surface area contributed by atoms with Gasteiger partial charge in [-0.1, -0.05) is 12.1 Å². The van der Waals surface area contributed by atoms with Crippen molar-refractivity contribution in [3.63, 3.8) is 0 Å². The lowest BCUT2D eigenvalue weighted by Crippen LogP contribution is -2.47. The van der Waals surface area contributed by atoms with Crippen LogP contribution in [0.4, 0.5) is 14.7 Å². The van der Waals surface area contributed by atoms with Crippen LogP contribution in [0, 0.1) is 0 Å². The SMILES string of the molecule is CC(C)(O)CN[C@H]1CCN([C@H]2CC[C@H](Oc3cc(-n4c(C(F)F)nc5ccccc54)nc(N4CCOCC4)n3)CC2)C1=O. The number of likely N-dealkylation sites (tertiary alicyclic amines) is 1. The molecule has 11 nitrogen and oxygen atoms in total. The number of nitrogens with zero attached hydrogens (tertiary/aromatic N) is 6. The molecule has 1 saturated carbocycles. The van der Waals surface area contributed by atoms with Gasteiger partial charge in [0.05, 0.1) is 35.9 Å². The summed E-state index contributed by atoms with van der Waals surface area (Å²) >= 11 is 0. The number of fused-ring (bicyclic) bond motifs is 1. The number of amides is 1. The predicted octanol–water partition coefficient (Wildman–Crippen LogP) is 3.24. The first kappa shape index (κ1) is 29.6. The molecule has 1 aromatic carbocycles. The lowest BCUT2D eigenvalue weighted by atomic mass is 9.92. The predicted molar refractivity (Wildman–Crippen MR) is 156 cm³/mol. The number of anilines is 1. The van der Waals surface area contributed by atoms with Gasteiger partial charge in [-0.15, -0.1) is 0 Å². The molecule has 4 heterocycles. The zero-order valence-corrected chi connectivity index (χ0v) is 24.6. The number of aliphatic hydroxyl groups is 1. The van der Waals surface area contributed by atoms with Gasteiger partial charge in [-0.05, 0) is 58.1 Å². The number of halogens is 2. The highest BCUT2D eigenvalue weighted by Gasteiger charge is 2.38. The molecule has 6 rings (SSSR count). The quantitative estimate of drug-likeness (QED) is 0.382. The number of hydrogen-bond donors (Lipinski definition) is 2. The number of carbonyl (C=O) groups is 1. The summed E-state index contributed by atoms with van der Waals surface area (Å²) in [6.07, 6.45) is 0.856. The van der Waals surface area contributed by atoms with Gasteiger partial charge in [0.1, 0.15) is 11.9 Å². The van der Waals surface area contributed by atoms with Crippen molar-refractivity contribution in [2.24, 2.45) is 0 Å². The molecular weight excluding hydrogens is 560 g/mol. The second-order valence-electron chi connectivity index (χ2n) is 12.2.